The van der Waals surface area contributed by atoms with Crippen LogP contribution in [0.2, 0.25) is 0 Å². The molecule has 6 heteroatoms. The Hall–Kier alpha value is -1.40. The number of H-pyrrole nitrogens is 1. The third kappa shape index (κ3) is 2.88. The van der Waals surface area contributed by atoms with Crippen LogP contribution in [-0.4, -0.2) is 10.9 Å². The minimum absolute atomic E-state index is 0.113. The fourth-order valence-electron chi connectivity index (χ4n) is 1.52. The molecule has 1 aromatic heterocycles. The zero-order valence-corrected chi connectivity index (χ0v) is 12.0. The maximum absolute atomic E-state index is 12.0. The van der Waals surface area contributed by atoms with E-state index in [1.54, 1.807) is 11.4 Å². The minimum atomic E-state index is -0.152. The Balaban J connectivity index is 2.08. The molecule has 0 spiro atoms. The highest BCUT2D eigenvalue weighted by Crippen LogP contribution is 2.19. The first-order valence-corrected chi connectivity index (χ1v) is 6.95. The van der Waals surface area contributed by atoms with E-state index in [4.69, 9.17) is 0 Å². The first-order chi connectivity index (χ1) is 8.58. The smallest absolute Gasteiger partial charge is 0.304 e. The van der Waals surface area contributed by atoms with Gasteiger partial charge in [-0.3, -0.25) is 9.59 Å². The van der Waals surface area contributed by atoms with Gasteiger partial charge < -0.3 is 10.3 Å². The number of halogens is 1. The van der Waals surface area contributed by atoms with Gasteiger partial charge >= 0.3 is 4.87 Å². The number of benzene rings is 1. The number of aromatic amines is 1. The molecule has 94 valence electrons. The molecule has 2 aromatic rings. The molecule has 1 aromatic carbocycles. The second-order valence-corrected chi connectivity index (χ2v) is 5.47. The lowest BCUT2D eigenvalue weighted by atomic mass is 10.1. The van der Waals surface area contributed by atoms with Crippen LogP contribution in [0.15, 0.2) is 32.8 Å². The Morgan fingerprint density at radius 1 is 1.50 bits per heavy atom. The molecule has 0 saturated heterocycles. The average molecular weight is 327 g/mol. The van der Waals surface area contributed by atoms with E-state index < -0.39 is 0 Å². The van der Waals surface area contributed by atoms with Crippen molar-refractivity contribution in [2.45, 2.75) is 13.5 Å². The Bertz CT molecular complexity index is 633. The largest absolute Gasteiger partial charge is 0.346 e. The predicted octanol–water partition coefficient (Wildman–Crippen LogP) is 2.44. The Kier molecular flexibility index (Phi) is 3.98. The number of thiazole rings is 1. The standard InChI is InChI=1S/C12H11BrN2O2S/c1-7-9(3-2-4-10(7)13)11(16)14-5-8-6-18-12(17)15-8/h2-4,6H,5H2,1H3,(H,14,16)(H,15,17). The fourth-order valence-corrected chi connectivity index (χ4v) is 2.47. The molecule has 0 radical (unpaired) electrons. The van der Waals surface area contributed by atoms with E-state index >= 15 is 0 Å². The van der Waals surface area contributed by atoms with Gasteiger partial charge in [0.1, 0.15) is 0 Å². The summed E-state index contributed by atoms with van der Waals surface area (Å²) in [5.41, 5.74) is 2.24. The highest BCUT2D eigenvalue weighted by molar-refractivity contribution is 9.10. The molecule has 0 saturated carbocycles. The topological polar surface area (TPSA) is 62.0 Å². The number of hydrogen-bond donors (Lipinski definition) is 2. The summed E-state index contributed by atoms with van der Waals surface area (Å²) in [5, 5.41) is 4.48. The van der Waals surface area contributed by atoms with Gasteiger partial charge in [-0.25, -0.2) is 0 Å². The Morgan fingerprint density at radius 2 is 2.28 bits per heavy atom. The monoisotopic (exact) mass is 326 g/mol. The van der Waals surface area contributed by atoms with Gasteiger partial charge in [0.25, 0.3) is 5.91 Å². The van der Waals surface area contributed by atoms with Crippen molar-refractivity contribution in [3.05, 3.63) is 54.5 Å². The second-order valence-electron chi connectivity index (χ2n) is 3.77. The van der Waals surface area contributed by atoms with Crippen LogP contribution in [0.3, 0.4) is 0 Å². The number of carbonyl (C=O) groups is 1. The van der Waals surface area contributed by atoms with Crippen LogP contribution >= 0.6 is 27.3 Å². The summed E-state index contributed by atoms with van der Waals surface area (Å²) in [6.07, 6.45) is 0. The zero-order valence-electron chi connectivity index (χ0n) is 9.62. The fraction of sp³-hybridized carbons (Fsp3) is 0.167. The maximum Gasteiger partial charge on any atom is 0.304 e. The van der Waals surface area contributed by atoms with E-state index in [9.17, 15) is 9.59 Å². The lowest BCUT2D eigenvalue weighted by Gasteiger charge is -2.07. The van der Waals surface area contributed by atoms with Crippen LogP contribution in [0.25, 0.3) is 0 Å². The molecular formula is C12H11BrN2O2S. The number of carbonyl (C=O) groups excluding carboxylic acids is 1. The van der Waals surface area contributed by atoms with Gasteiger partial charge in [-0.2, -0.15) is 0 Å². The Labute approximate surface area is 116 Å². The lowest BCUT2D eigenvalue weighted by Crippen LogP contribution is -2.24. The lowest BCUT2D eigenvalue weighted by molar-refractivity contribution is 0.0950. The van der Waals surface area contributed by atoms with Crippen LogP contribution < -0.4 is 10.2 Å². The van der Waals surface area contributed by atoms with Gasteiger partial charge in [0, 0.05) is 21.1 Å². The van der Waals surface area contributed by atoms with Crippen LogP contribution in [-0.2, 0) is 6.54 Å². The quantitative estimate of drug-likeness (QED) is 0.910. The van der Waals surface area contributed by atoms with Gasteiger partial charge in [-0.15, -0.1) is 0 Å². The van der Waals surface area contributed by atoms with E-state index in [-0.39, 0.29) is 10.8 Å². The number of nitrogens with one attached hydrogen (secondary N) is 2. The molecular weight excluding hydrogens is 316 g/mol. The zero-order chi connectivity index (χ0) is 13.1. The van der Waals surface area contributed by atoms with Crippen molar-refractivity contribution in [1.82, 2.24) is 10.3 Å². The number of aromatic nitrogens is 1. The van der Waals surface area contributed by atoms with Crippen molar-refractivity contribution in [3.8, 4) is 0 Å². The van der Waals surface area contributed by atoms with Crippen LogP contribution in [0.5, 0.6) is 0 Å². The summed E-state index contributed by atoms with van der Waals surface area (Å²) in [6, 6.07) is 5.48. The highest BCUT2D eigenvalue weighted by atomic mass is 79.9. The SMILES string of the molecule is Cc1c(Br)cccc1C(=O)NCc1csc(=O)[nH]1. The highest BCUT2D eigenvalue weighted by Gasteiger charge is 2.10. The summed E-state index contributed by atoms with van der Waals surface area (Å²) in [6.45, 7) is 2.20. The van der Waals surface area contributed by atoms with Gasteiger partial charge in [0.05, 0.1) is 6.54 Å². The normalized spacial score (nSPS) is 10.3. The molecule has 18 heavy (non-hydrogen) atoms. The van der Waals surface area contributed by atoms with Crippen molar-refractivity contribution in [3.63, 3.8) is 0 Å². The van der Waals surface area contributed by atoms with Crippen LogP contribution in [0, 0.1) is 6.92 Å². The van der Waals surface area contributed by atoms with E-state index in [0.29, 0.717) is 17.8 Å². The van der Waals surface area contributed by atoms with Crippen molar-refractivity contribution >= 4 is 33.2 Å². The average Bonchev–Trinajstić information content (AvgIpc) is 2.76. The van der Waals surface area contributed by atoms with Gasteiger partial charge in [0.2, 0.25) is 0 Å². The van der Waals surface area contributed by atoms with E-state index in [1.807, 2.05) is 19.1 Å². The van der Waals surface area contributed by atoms with Gasteiger partial charge in [-0.1, -0.05) is 33.3 Å². The molecule has 4 nitrogen and oxygen atoms in total. The van der Waals surface area contributed by atoms with Gasteiger partial charge in [-0.05, 0) is 24.6 Å². The molecule has 2 rings (SSSR count). The summed E-state index contributed by atoms with van der Waals surface area (Å²) < 4.78 is 0.902. The van der Waals surface area contributed by atoms with E-state index in [2.05, 4.69) is 26.2 Å². The summed E-state index contributed by atoms with van der Waals surface area (Å²) in [7, 11) is 0. The molecule has 1 amide bonds. The van der Waals surface area contributed by atoms with Crippen molar-refractivity contribution in [2.24, 2.45) is 0 Å². The second kappa shape index (κ2) is 5.49. The van der Waals surface area contributed by atoms with Crippen LogP contribution in [0.4, 0.5) is 0 Å². The molecule has 0 aliphatic carbocycles. The first-order valence-electron chi connectivity index (χ1n) is 5.28. The molecule has 0 unspecified atom stereocenters. The number of hydrogen-bond acceptors (Lipinski definition) is 3. The van der Waals surface area contributed by atoms with E-state index in [0.717, 1.165) is 21.4 Å². The Morgan fingerprint density at radius 3 is 2.94 bits per heavy atom. The van der Waals surface area contributed by atoms with Gasteiger partial charge in [0.15, 0.2) is 0 Å². The summed E-state index contributed by atoms with van der Waals surface area (Å²) in [5.74, 6) is -0.152. The molecule has 0 atom stereocenters. The predicted molar refractivity (Wildman–Crippen MR) is 75.0 cm³/mol. The van der Waals surface area contributed by atoms with Crippen molar-refractivity contribution in [2.75, 3.05) is 0 Å². The molecule has 0 aliphatic rings. The van der Waals surface area contributed by atoms with Crippen LogP contribution in [0.1, 0.15) is 21.6 Å². The molecule has 0 fully saturated rings. The number of amides is 1. The third-order valence-corrected chi connectivity index (χ3v) is 4.10. The van der Waals surface area contributed by atoms with Crippen molar-refractivity contribution in [1.29, 1.82) is 0 Å². The summed E-state index contributed by atoms with van der Waals surface area (Å²) in [4.78, 5) is 25.5. The van der Waals surface area contributed by atoms with E-state index in [1.165, 1.54) is 0 Å². The van der Waals surface area contributed by atoms with Crippen molar-refractivity contribution < 1.29 is 4.79 Å². The molecule has 0 bridgehead atoms. The first kappa shape index (κ1) is 13.0. The molecule has 1 heterocycles. The molecule has 0 aliphatic heterocycles. The summed E-state index contributed by atoms with van der Waals surface area (Å²) >= 11 is 4.48. The third-order valence-electron chi connectivity index (χ3n) is 2.52. The number of rotatable bonds is 3. The molecule has 2 N–H and O–H groups in total. The minimum Gasteiger partial charge on any atom is -0.346 e. The maximum atomic E-state index is 12.0.